The van der Waals surface area contributed by atoms with E-state index >= 15 is 0 Å². The Hall–Kier alpha value is -3.96. The third kappa shape index (κ3) is 46.7. The standard InChI is InChI=1S/C55H86O5/c1-3-5-7-9-10-11-12-13-14-15-16-17-18-19-20-21-22-23-24-25-26-27-28-29-30-31-32-33-34-35-36-37-38-39-40-41-42-43-44-46-48-50-55(58)60-53(51-56)52-59-54(57)49-47-45-8-6-4-2/h5,7,10-11,13-14,16-17,19-20,22-23,25-26,28-29,31-32,34-35,37-38,53,56H,3-4,6,8-9,12,15,18,21,24,27,30,33,36,39-52H2,1-2H3/b7-5-,11-10-,14-13-,17-16-,20-19-,23-22-,26-25-,29-28-,32-31-,35-34-,38-37-. The Balaban J connectivity index is 3.63. The molecule has 0 spiro atoms. The van der Waals surface area contributed by atoms with Crippen molar-refractivity contribution in [2.24, 2.45) is 0 Å². The molecule has 0 heterocycles. The van der Waals surface area contributed by atoms with Gasteiger partial charge < -0.3 is 14.6 Å². The number of rotatable bonds is 41. The average molecular weight is 827 g/mol. The molecular weight excluding hydrogens is 741 g/mol. The molecule has 0 radical (unpaired) electrons. The van der Waals surface area contributed by atoms with Crippen LogP contribution >= 0.6 is 0 Å². The average Bonchev–Trinajstić information content (AvgIpc) is 3.25. The minimum Gasteiger partial charge on any atom is -0.462 e. The van der Waals surface area contributed by atoms with E-state index in [2.05, 4.69) is 148 Å². The highest BCUT2D eigenvalue weighted by atomic mass is 16.6. The Kier molecular flexibility index (Phi) is 46.1. The quantitative estimate of drug-likeness (QED) is 0.0378. The summed E-state index contributed by atoms with van der Waals surface area (Å²) >= 11 is 0. The number of aliphatic hydroxyl groups is 1. The van der Waals surface area contributed by atoms with Gasteiger partial charge in [0, 0.05) is 12.8 Å². The van der Waals surface area contributed by atoms with Gasteiger partial charge in [0.15, 0.2) is 6.10 Å². The van der Waals surface area contributed by atoms with Crippen LogP contribution in [0.3, 0.4) is 0 Å². The lowest BCUT2D eigenvalue weighted by Gasteiger charge is -2.15. The predicted octanol–water partition coefficient (Wildman–Crippen LogP) is 15.7. The number of allylic oxidation sites excluding steroid dienone is 22. The highest BCUT2D eigenvalue weighted by molar-refractivity contribution is 5.70. The second kappa shape index (κ2) is 49.4. The highest BCUT2D eigenvalue weighted by Gasteiger charge is 2.16. The molecule has 0 saturated carbocycles. The number of carbonyl (C=O) groups excluding carboxylic acids is 2. The number of aliphatic hydroxyl groups excluding tert-OH is 1. The molecule has 0 rings (SSSR count). The number of unbranched alkanes of at least 4 members (excludes halogenated alkanes) is 11. The fourth-order valence-corrected chi connectivity index (χ4v) is 5.91. The van der Waals surface area contributed by atoms with Crippen LogP contribution in [-0.4, -0.2) is 36.4 Å². The molecule has 1 atom stereocenters. The van der Waals surface area contributed by atoms with Gasteiger partial charge in [-0.05, 0) is 96.3 Å². The molecule has 5 nitrogen and oxygen atoms in total. The minimum absolute atomic E-state index is 0.0780. The van der Waals surface area contributed by atoms with Crippen molar-refractivity contribution in [1.29, 1.82) is 0 Å². The van der Waals surface area contributed by atoms with Gasteiger partial charge in [-0.15, -0.1) is 0 Å². The van der Waals surface area contributed by atoms with Crippen LogP contribution < -0.4 is 0 Å². The summed E-state index contributed by atoms with van der Waals surface area (Å²) in [6.07, 6.45) is 74.4. The maximum absolute atomic E-state index is 12.1. The Morgan fingerprint density at radius 3 is 1.08 bits per heavy atom. The molecule has 60 heavy (non-hydrogen) atoms. The van der Waals surface area contributed by atoms with Gasteiger partial charge in [-0.3, -0.25) is 9.59 Å². The summed E-state index contributed by atoms with van der Waals surface area (Å²) in [6.45, 7) is 3.90. The van der Waals surface area contributed by atoms with Gasteiger partial charge in [0.25, 0.3) is 0 Å². The fourth-order valence-electron chi connectivity index (χ4n) is 5.91. The normalized spacial score (nSPS) is 13.4. The van der Waals surface area contributed by atoms with Gasteiger partial charge in [-0.1, -0.05) is 205 Å². The van der Waals surface area contributed by atoms with Crippen LogP contribution in [-0.2, 0) is 19.1 Å². The van der Waals surface area contributed by atoms with Gasteiger partial charge in [-0.2, -0.15) is 0 Å². The summed E-state index contributed by atoms with van der Waals surface area (Å²) in [5.74, 6) is -0.629. The van der Waals surface area contributed by atoms with Crippen molar-refractivity contribution < 1.29 is 24.2 Å². The molecule has 0 bridgehead atoms. The lowest BCUT2D eigenvalue weighted by molar-refractivity contribution is -0.161. The Labute approximate surface area is 368 Å². The summed E-state index contributed by atoms with van der Waals surface area (Å²) in [4.78, 5) is 24.0. The van der Waals surface area contributed by atoms with Crippen molar-refractivity contribution in [3.05, 3.63) is 134 Å². The van der Waals surface area contributed by atoms with E-state index in [0.717, 1.165) is 122 Å². The van der Waals surface area contributed by atoms with Crippen LogP contribution in [0.1, 0.15) is 181 Å². The van der Waals surface area contributed by atoms with Gasteiger partial charge in [0.05, 0.1) is 6.61 Å². The first-order chi connectivity index (χ1) is 29.6. The summed E-state index contributed by atoms with van der Waals surface area (Å²) in [6, 6.07) is 0. The number of hydrogen-bond acceptors (Lipinski definition) is 5. The molecule has 0 aliphatic heterocycles. The summed E-state index contributed by atoms with van der Waals surface area (Å²) in [5.41, 5.74) is 0. The van der Waals surface area contributed by atoms with Gasteiger partial charge in [-0.25, -0.2) is 0 Å². The first-order valence-corrected chi connectivity index (χ1v) is 23.7. The molecule has 0 aromatic heterocycles. The van der Waals surface area contributed by atoms with Crippen molar-refractivity contribution in [1.82, 2.24) is 0 Å². The van der Waals surface area contributed by atoms with E-state index in [4.69, 9.17) is 9.47 Å². The number of carbonyl (C=O) groups is 2. The van der Waals surface area contributed by atoms with Crippen LogP contribution in [0, 0.1) is 0 Å². The number of ether oxygens (including phenoxy) is 2. The monoisotopic (exact) mass is 827 g/mol. The van der Waals surface area contributed by atoms with Crippen LogP contribution in [0.5, 0.6) is 0 Å². The van der Waals surface area contributed by atoms with Crippen LogP contribution in [0.2, 0.25) is 0 Å². The predicted molar refractivity (Wildman–Crippen MR) is 260 cm³/mol. The van der Waals surface area contributed by atoms with Crippen molar-refractivity contribution >= 4 is 11.9 Å². The molecule has 0 amide bonds. The zero-order chi connectivity index (χ0) is 43.5. The van der Waals surface area contributed by atoms with Crippen molar-refractivity contribution in [2.75, 3.05) is 13.2 Å². The zero-order valence-corrected chi connectivity index (χ0v) is 38.2. The molecule has 0 aromatic rings. The zero-order valence-electron chi connectivity index (χ0n) is 38.2. The second-order valence-electron chi connectivity index (χ2n) is 15.1. The first-order valence-electron chi connectivity index (χ1n) is 23.7. The minimum atomic E-state index is -0.780. The maximum Gasteiger partial charge on any atom is 0.306 e. The topological polar surface area (TPSA) is 72.8 Å². The lowest BCUT2D eigenvalue weighted by Crippen LogP contribution is -2.28. The van der Waals surface area contributed by atoms with E-state index in [0.29, 0.717) is 12.8 Å². The van der Waals surface area contributed by atoms with Gasteiger partial charge in [0.2, 0.25) is 0 Å². The van der Waals surface area contributed by atoms with E-state index in [1.54, 1.807) is 0 Å². The third-order valence-electron chi connectivity index (χ3n) is 9.46. The second-order valence-corrected chi connectivity index (χ2v) is 15.1. The van der Waals surface area contributed by atoms with Crippen molar-refractivity contribution in [3.63, 3.8) is 0 Å². The molecule has 0 fully saturated rings. The Bertz CT molecular complexity index is 1300. The van der Waals surface area contributed by atoms with E-state index < -0.39 is 6.10 Å². The number of esters is 2. The highest BCUT2D eigenvalue weighted by Crippen LogP contribution is 2.12. The molecule has 1 unspecified atom stereocenters. The third-order valence-corrected chi connectivity index (χ3v) is 9.46. The van der Waals surface area contributed by atoms with Crippen LogP contribution in [0.15, 0.2) is 134 Å². The van der Waals surface area contributed by atoms with E-state index in [-0.39, 0.29) is 25.2 Å². The van der Waals surface area contributed by atoms with Gasteiger partial charge >= 0.3 is 11.9 Å². The molecule has 0 aliphatic rings. The van der Waals surface area contributed by atoms with E-state index in [9.17, 15) is 14.7 Å². The molecule has 0 saturated heterocycles. The summed E-state index contributed by atoms with van der Waals surface area (Å²) < 4.78 is 10.5. The Morgan fingerprint density at radius 1 is 0.400 bits per heavy atom. The first kappa shape index (κ1) is 56.0. The lowest BCUT2D eigenvalue weighted by atomic mass is 10.1. The molecule has 0 aliphatic carbocycles. The molecule has 5 heteroatoms. The van der Waals surface area contributed by atoms with E-state index in [1.165, 1.54) is 32.1 Å². The number of hydrogen-bond donors (Lipinski definition) is 1. The van der Waals surface area contributed by atoms with Crippen LogP contribution in [0.25, 0.3) is 0 Å². The maximum atomic E-state index is 12.1. The van der Waals surface area contributed by atoms with Crippen LogP contribution in [0.4, 0.5) is 0 Å². The smallest absolute Gasteiger partial charge is 0.306 e. The van der Waals surface area contributed by atoms with Crippen molar-refractivity contribution in [2.45, 2.75) is 187 Å². The largest absolute Gasteiger partial charge is 0.462 e. The molecule has 0 aromatic carbocycles. The van der Waals surface area contributed by atoms with Gasteiger partial charge in [0.1, 0.15) is 6.61 Å². The summed E-state index contributed by atoms with van der Waals surface area (Å²) in [5, 5.41) is 9.49. The summed E-state index contributed by atoms with van der Waals surface area (Å²) in [7, 11) is 0. The van der Waals surface area contributed by atoms with Crippen molar-refractivity contribution in [3.8, 4) is 0 Å². The molecule has 336 valence electrons. The SMILES string of the molecule is CC/C=C\C/C=C\C/C=C\C/C=C\C/C=C\C/C=C\C/C=C\C/C=C\C/C=C\C/C=C\C/C=C\CCCCCCCCCC(=O)OC(CO)COC(=O)CCCCCCC. The fraction of sp³-hybridized carbons (Fsp3) is 0.564. The van der Waals surface area contributed by atoms with E-state index in [1.807, 2.05) is 0 Å². The Morgan fingerprint density at radius 2 is 0.717 bits per heavy atom. The molecular formula is C55H86O5. The molecule has 1 N–H and O–H groups in total.